The summed E-state index contributed by atoms with van der Waals surface area (Å²) in [6, 6.07) is 17.8. The molecule has 0 atom stereocenters. The van der Waals surface area contributed by atoms with Gasteiger partial charge < -0.3 is 14.1 Å². The van der Waals surface area contributed by atoms with Gasteiger partial charge in [0.2, 0.25) is 5.76 Å². The fraction of sp³-hybridized carbons (Fsp3) is 0.208. The Bertz CT molecular complexity index is 1070. The van der Waals surface area contributed by atoms with Gasteiger partial charge >= 0.3 is 5.97 Å². The van der Waals surface area contributed by atoms with E-state index in [0.717, 1.165) is 16.7 Å². The molecule has 6 heteroatoms. The number of nitrogens with zero attached hydrogens (tertiary/aromatic N) is 1. The quantitative estimate of drug-likeness (QED) is 0.433. The van der Waals surface area contributed by atoms with Crippen molar-refractivity contribution in [2.45, 2.75) is 20.4 Å². The smallest absolute Gasteiger partial charge is 0.374 e. The average Bonchev–Trinajstić information content (AvgIpc) is 3.23. The maximum atomic E-state index is 12.3. The highest BCUT2D eigenvalue weighted by Crippen LogP contribution is 2.23. The van der Waals surface area contributed by atoms with Crippen LogP contribution in [0.25, 0.3) is 11.3 Å². The molecule has 0 saturated carbocycles. The number of carbonyl (C=O) groups is 3. The third-order valence-corrected chi connectivity index (χ3v) is 4.80. The molecule has 154 valence electrons. The van der Waals surface area contributed by atoms with Crippen molar-refractivity contribution in [3.63, 3.8) is 0 Å². The van der Waals surface area contributed by atoms with Crippen LogP contribution in [0.15, 0.2) is 65.1 Å². The number of ether oxygens (including phenoxy) is 1. The molecule has 6 nitrogen and oxygen atoms in total. The molecule has 0 spiro atoms. The van der Waals surface area contributed by atoms with E-state index < -0.39 is 5.97 Å². The van der Waals surface area contributed by atoms with Gasteiger partial charge in [-0.05, 0) is 37.1 Å². The van der Waals surface area contributed by atoms with Crippen molar-refractivity contribution in [3.8, 4) is 11.3 Å². The number of carbonyl (C=O) groups excluding carboxylic acids is 3. The molecule has 0 aliphatic rings. The normalized spacial score (nSPS) is 10.5. The Labute approximate surface area is 175 Å². The highest BCUT2D eigenvalue weighted by atomic mass is 16.5. The molecule has 1 aromatic heterocycles. The predicted molar refractivity (Wildman–Crippen MR) is 112 cm³/mol. The summed E-state index contributed by atoms with van der Waals surface area (Å²) in [6.07, 6.45) is 0. The summed E-state index contributed by atoms with van der Waals surface area (Å²) in [4.78, 5) is 37.4. The number of amides is 1. The third-order valence-electron chi connectivity index (χ3n) is 4.80. The van der Waals surface area contributed by atoms with Crippen molar-refractivity contribution in [1.82, 2.24) is 4.90 Å². The SMILES string of the molecule is CC(=O)c1ccc(-c2ccc(C(=O)OCC(=O)N(C)Cc3ccccc3C)o2)cc1. The maximum absolute atomic E-state index is 12.3. The summed E-state index contributed by atoms with van der Waals surface area (Å²) in [6.45, 7) is 3.54. The fourth-order valence-electron chi connectivity index (χ4n) is 2.91. The van der Waals surface area contributed by atoms with Crippen LogP contribution in [0.3, 0.4) is 0 Å². The van der Waals surface area contributed by atoms with Crippen LogP contribution in [0.5, 0.6) is 0 Å². The number of furan rings is 1. The number of hydrogen-bond acceptors (Lipinski definition) is 5. The lowest BCUT2D eigenvalue weighted by atomic mass is 10.1. The van der Waals surface area contributed by atoms with Gasteiger partial charge in [-0.15, -0.1) is 0 Å². The fourth-order valence-corrected chi connectivity index (χ4v) is 2.91. The van der Waals surface area contributed by atoms with Crippen molar-refractivity contribution in [2.75, 3.05) is 13.7 Å². The van der Waals surface area contributed by atoms with E-state index in [1.165, 1.54) is 17.9 Å². The molecule has 0 N–H and O–H groups in total. The molecule has 3 rings (SSSR count). The minimum absolute atomic E-state index is 0.00926. The Morgan fingerprint density at radius 3 is 2.33 bits per heavy atom. The van der Waals surface area contributed by atoms with Crippen LogP contribution < -0.4 is 0 Å². The summed E-state index contributed by atoms with van der Waals surface area (Å²) < 4.78 is 10.7. The molecule has 0 aliphatic carbocycles. The van der Waals surface area contributed by atoms with Gasteiger partial charge in [0.05, 0.1) is 0 Å². The average molecular weight is 405 g/mol. The molecule has 2 aromatic carbocycles. The number of rotatable bonds is 7. The first kappa shape index (κ1) is 21.0. The van der Waals surface area contributed by atoms with Crippen LogP contribution in [0.1, 0.15) is 39.0 Å². The Balaban J connectivity index is 1.56. The molecular weight excluding hydrogens is 382 g/mol. The topological polar surface area (TPSA) is 76.8 Å². The minimum Gasteiger partial charge on any atom is -0.450 e. The standard InChI is InChI=1S/C24H23NO5/c1-16-6-4-5-7-20(16)14-25(3)23(27)15-29-24(28)22-13-12-21(30-22)19-10-8-18(9-11-19)17(2)26/h4-13H,14-15H2,1-3H3. The summed E-state index contributed by atoms with van der Waals surface area (Å²) in [5, 5.41) is 0. The number of hydrogen-bond donors (Lipinski definition) is 0. The second-order valence-electron chi connectivity index (χ2n) is 7.05. The van der Waals surface area contributed by atoms with Gasteiger partial charge in [-0.25, -0.2) is 4.79 Å². The van der Waals surface area contributed by atoms with Gasteiger partial charge in [0, 0.05) is 24.7 Å². The highest BCUT2D eigenvalue weighted by molar-refractivity contribution is 5.94. The van der Waals surface area contributed by atoms with Crippen LogP contribution in [0, 0.1) is 6.92 Å². The Hall–Kier alpha value is -3.67. The summed E-state index contributed by atoms with van der Waals surface area (Å²) in [7, 11) is 1.66. The third kappa shape index (κ3) is 5.03. The van der Waals surface area contributed by atoms with E-state index in [-0.39, 0.29) is 24.1 Å². The minimum atomic E-state index is -0.709. The lowest BCUT2D eigenvalue weighted by Gasteiger charge is -2.18. The van der Waals surface area contributed by atoms with Crippen molar-refractivity contribution < 1.29 is 23.5 Å². The molecule has 0 radical (unpaired) electrons. The molecule has 0 bridgehead atoms. The Kier molecular flexibility index (Phi) is 6.47. The van der Waals surface area contributed by atoms with Gasteiger partial charge in [0.25, 0.3) is 5.91 Å². The van der Waals surface area contributed by atoms with Crippen molar-refractivity contribution >= 4 is 17.7 Å². The van der Waals surface area contributed by atoms with Gasteiger partial charge in [-0.3, -0.25) is 9.59 Å². The molecule has 1 heterocycles. The molecule has 30 heavy (non-hydrogen) atoms. The number of aryl methyl sites for hydroxylation is 1. The van der Waals surface area contributed by atoms with E-state index >= 15 is 0 Å². The van der Waals surface area contributed by atoms with E-state index in [1.54, 1.807) is 37.4 Å². The number of Topliss-reactive ketones (excluding diaryl/α,β-unsaturated/α-hetero) is 1. The molecule has 0 fully saturated rings. The van der Waals surface area contributed by atoms with Crippen molar-refractivity contribution in [1.29, 1.82) is 0 Å². The number of ketones is 1. The zero-order chi connectivity index (χ0) is 21.7. The zero-order valence-electron chi connectivity index (χ0n) is 17.2. The monoisotopic (exact) mass is 405 g/mol. The van der Waals surface area contributed by atoms with Gasteiger partial charge in [-0.2, -0.15) is 0 Å². The zero-order valence-corrected chi connectivity index (χ0v) is 17.2. The number of esters is 1. The highest BCUT2D eigenvalue weighted by Gasteiger charge is 2.17. The Morgan fingerprint density at radius 2 is 1.67 bits per heavy atom. The van der Waals surface area contributed by atoms with Crippen LogP contribution in [0.4, 0.5) is 0 Å². The maximum Gasteiger partial charge on any atom is 0.374 e. The first-order chi connectivity index (χ1) is 14.3. The van der Waals surface area contributed by atoms with E-state index in [9.17, 15) is 14.4 Å². The molecule has 0 aliphatic heterocycles. The van der Waals surface area contributed by atoms with E-state index in [4.69, 9.17) is 9.15 Å². The van der Waals surface area contributed by atoms with Gasteiger partial charge in [0.1, 0.15) is 5.76 Å². The first-order valence-corrected chi connectivity index (χ1v) is 9.52. The second-order valence-corrected chi connectivity index (χ2v) is 7.05. The predicted octanol–water partition coefficient (Wildman–Crippen LogP) is 4.27. The summed E-state index contributed by atoms with van der Waals surface area (Å²) in [5.74, 6) is -0.560. The van der Waals surface area contributed by atoms with Crippen molar-refractivity contribution in [2.24, 2.45) is 0 Å². The lowest BCUT2D eigenvalue weighted by molar-refractivity contribution is -0.133. The van der Waals surface area contributed by atoms with Crippen LogP contribution >= 0.6 is 0 Å². The number of benzene rings is 2. The molecule has 0 unspecified atom stereocenters. The molecule has 1 amide bonds. The summed E-state index contributed by atoms with van der Waals surface area (Å²) >= 11 is 0. The van der Waals surface area contributed by atoms with E-state index in [2.05, 4.69) is 0 Å². The van der Waals surface area contributed by atoms with Gasteiger partial charge in [-0.1, -0.05) is 48.5 Å². The Morgan fingerprint density at radius 1 is 0.967 bits per heavy atom. The van der Waals surface area contributed by atoms with E-state index in [1.807, 2.05) is 31.2 Å². The molecule has 0 saturated heterocycles. The van der Waals surface area contributed by atoms with E-state index in [0.29, 0.717) is 17.9 Å². The summed E-state index contributed by atoms with van der Waals surface area (Å²) in [5.41, 5.74) is 3.45. The van der Waals surface area contributed by atoms with Crippen LogP contribution in [-0.2, 0) is 16.1 Å². The van der Waals surface area contributed by atoms with Gasteiger partial charge in [0.15, 0.2) is 12.4 Å². The van der Waals surface area contributed by atoms with Crippen LogP contribution in [0.2, 0.25) is 0 Å². The second kappa shape index (κ2) is 9.22. The lowest BCUT2D eigenvalue weighted by Crippen LogP contribution is -2.31. The largest absolute Gasteiger partial charge is 0.450 e. The van der Waals surface area contributed by atoms with Crippen LogP contribution in [-0.4, -0.2) is 36.2 Å². The number of likely N-dealkylation sites (N-methyl/N-ethyl adjacent to an activating group) is 1. The molecular formula is C24H23NO5. The molecule has 3 aromatic rings. The first-order valence-electron chi connectivity index (χ1n) is 9.52. The van der Waals surface area contributed by atoms with Crippen molar-refractivity contribution in [3.05, 3.63) is 83.1 Å².